The number of anilines is 2. The second-order valence-electron chi connectivity index (χ2n) is 6.21. The number of primary sulfonamides is 1. The Morgan fingerprint density at radius 1 is 1.10 bits per heavy atom. The lowest BCUT2D eigenvalue weighted by atomic mass is 9.78. The Morgan fingerprint density at radius 2 is 1.81 bits per heavy atom. The first-order valence-corrected chi connectivity index (χ1v) is 9.20. The summed E-state index contributed by atoms with van der Waals surface area (Å²) in [7, 11) is -3.69. The quantitative estimate of drug-likeness (QED) is 0.818. The van der Waals surface area contributed by atoms with Crippen LogP contribution in [0.4, 0.5) is 11.4 Å². The lowest BCUT2D eigenvalue weighted by Crippen LogP contribution is -2.47. The summed E-state index contributed by atoms with van der Waals surface area (Å²) >= 11 is 0. The second kappa shape index (κ2) is 5.50. The predicted octanol–water partition coefficient (Wildman–Crippen LogP) is 2.08. The van der Waals surface area contributed by atoms with Crippen molar-refractivity contribution in [2.75, 3.05) is 17.2 Å². The number of nitrogen functional groups attached to an aromatic ring is 1. The number of rotatable bonds is 2. The number of nitrogens with zero attached hydrogens (tertiary/aromatic N) is 1. The highest BCUT2D eigenvalue weighted by Crippen LogP contribution is 2.39. The fourth-order valence-corrected chi connectivity index (χ4v) is 4.44. The van der Waals surface area contributed by atoms with Gasteiger partial charge in [-0.2, -0.15) is 0 Å². The van der Waals surface area contributed by atoms with E-state index in [-0.39, 0.29) is 4.90 Å². The number of hydrogen-bond acceptors (Lipinski definition) is 4. The van der Waals surface area contributed by atoms with E-state index in [2.05, 4.69) is 4.90 Å². The van der Waals surface area contributed by atoms with Gasteiger partial charge in [0.15, 0.2) is 0 Å². The molecule has 1 aromatic carbocycles. The molecule has 2 atom stereocenters. The third kappa shape index (κ3) is 2.87. The van der Waals surface area contributed by atoms with Crippen LogP contribution in [0.1, 0.15) is 38.5 Å². The van der Waals surface area contributed by atoms with Crippen LogP contribution in [0, 0.1) is 5.92 Å². The van der Waals surface area contributed by atoms with Crippen molar-refractivity contribution in [3.8, 4) is 0 Å². The largest absolute Gasteiger partial charge is 0.397 e. The van der Waals surface area contributed by atoms with Gasteiger partial charge in [-0.1, -0.05) is 12.8 Å². The number of hydrogen-bond donors (Lipinski definition) is 2. The summed E-state index contributed by atoms with van der Waals surface area (Å²) in [4.78, 5) is 2.47. The minimum atomic E-state index is -3.69. The summed E-state index contributed by atoms with van der Waals surface area (Å²) in [6.45, 7) is 1.00. The SMILES string of the molecule is Nc1cc(S(N)(=O)=O)ccc1N1CCCC2CCCCC21. The molecule has 1 heterocycles. The summed E-state index contributed by atoms with van der Waals surface area (Å²) < 4.78 is 22.8. The van der Waals surface area contributed by atoms with Crippen molar-refractivity contribution in [1.29, 1.82) is 0 Å². The van der Waals surface area contributed by atoms with E-state index in [9.17, 15) is 8.42 Å². The minimum absolute atomic E-state index is 0.0842. The molecule has 116 valence electrons. The van der Waals surface area contributed by atoms with Crippen molar-refractivity contribution in [3.05, 3.63) is 18.2 Å². The lowest BCUT2D eigenvalue weighted by molar-refractivity contribution is 0.244. The van der Waals surface area contributed by atoms with Gasteiger partial charge < -0.3 is 10.6 Å². The molecule has 4 N–H and O–H groups in total. The number of sulfonamides is 1. The van der Waals surface area contributed by atoms with Gasteiger partial charge in [-0.15, -0.1) is 0 Å². The van der Waals surface area contributed by atoms with E-state index in [1.807, 2.05) is 6.07 Å². The molecule has 1 saturated carbocycles. The van der Waals surface area contributed by atoms with Crippen LogP contribution in [0.3, 0.4) is 0 Å². The van der Waals surface area contributed by atoms with Crippen molar-refractivity contribution >= 4 is 21.4 Å². The van der Waals surface area contributed by atoms with Crippen LogP contribution in [-0.2, 0) is 10.0 Å². The first-order chi connectivity index (χ1) is 9.97. The zero-order chi connectivity index (χ0) is 15.0. The van der Waals surface area contributed by atoms with Crippen molar-refractivity contribution in [2.24, 2.45) is 11.1 Å². The monoisotopic (exact) mass is 309 g/mol. The highest BCUT2D eigenvalue weighted by molar-refractivity contribution is 7.89. The molecule has 0 bridgehead atoms. The van der Waals surface area contributed by atoms with Crippen molar-refractivity contribution < 1.29 is 8.42 Å². The van der Waals surface area contributed by atoms with Crippen molar-refractivity contribution in [3.63, 3.8) is 0 Å². The molecular weight excluding hydrogens is 286 g/mol. The van der Waals surface area contributed by atoms with Gasteiger partial charge >= 0.3 is 0 Å². The van der Waals surface area contributed by atoms with Crippen LogP contribution in [-0.4, -0.2) is 21.0 Å². The number of benzene rings is 1. The molecule has 6 heteroatoms. The predicted molar refractivity (Wildman–Crippen MR) is 84.6 cm³/mol. The smallest absolute Gasteiger partial charge is 0.238 e. The van der Waals surface area contributed by atoms with Crippen LogP contribution in [0.15, 0.2) is 23.1 Å². The molecule has 2 unspecified atom stereocenters. The summed E-state index contributed by atoms with van der Waals surface area (Å²) in [5.74, 6) is 0.754. The molecule has 0 amide bonds. The van der Waals surface area contributed by atoms with E-state index >= 15 is 0 Å². The molecule has 2 fully saturated rings. The molecule has 1 aliphatic carbocycles. The van der Waals surface area contributed by atoms with Crippen LogP contribution in [0.2, 0.25) is 0 Å². The summed E-state index contributed by atoms with van der Waals surface area (Å²) in [5.41, 5.74) is 7.57. The van der Waals surface area contributed by atoms with Gasteiger partial charge in [-0.25, -0.2) is 13.6 Å². The first kappa shape index (κ1) is 14.7. The Hall–Kier alpha value is -1.27. The zero-order valence-electron chi connectivity index (χ0n) is 12.2. The van der Waals surface area contributed by atoms with Gasteiger partial charge in [-0.3, -0.25) is 0 Å². The van der Waals surface area contributed by atoms with Gasteiger partial charge in [0.1, 0.15) is 0 Å². The van der Waals surface area contributed by atoms with Gasteiger partial charge in [0.05, 0.1) is 16.3 Å². The average Bonchev–Trinajstić information content (AvgIpc) is 2.46. The van der Waals surface area contributed by atoms with Crippen molar-refractivity contribution in [2.45, 2.75) is 49.5 Å². The maximum Gasteiger partial charge on any atom is 0.238 e. The number of fused-ring (bicyclic) bond motifs is 1. The van der Waals surface area contributed by atoms with E-state index in [1.54, 1.807) is 6.07 Å². The van der Waals surface area contributed by atoms with Gasteiger partial charge in [0.25, 0.3) is 0 Å². The Labute approximate surface area is 126 Å². The van der Waals surface area contributed by atoms with Crippen LogP contribution in [0.5, 0.6) is 0 Å². The van der Waals surface area contributed by atoms with Gasteiger partial charge in [0.2, 0.25) is 10.0 Å². The summed E-state index contributed by atoms with van der Waals surface area (Å²) in [6.07, 6.45) is 7.59. The molecule has 1 aromatic rings. The normalized spacial score (nSPS) is 26.4. The van der Waals surface area contributed by atoms with E-state index in [0.29, 0.717) is 11.7 Å². The molecule has 21 heavy (non-hydrogen) atoms. The highest BCUT2D eigenvalue weighted by atomic mass is 32.2. The summed E-state index contributed by atoms with van der Waals surface area (Å²) in [5, 5.41) is 5.16. The molecule has 1 aliphatic heterocycles. The Bertz CT molecular complexity index is 628. The minimum Gasteiger partial charge on any atom is -0.397 e. The topological polar surface area (TPSA) is 89.4 Å². The van der Waals surface area contributed by atoms with Gasteiger partial charge in [0, 0.05) is 12.6 Å². The Balaban J connectivity index is 1.92. The van der Waals surface area contributed by atoms with Gasteiger partial charge in [-0.05, 0) is 49.8 Å². The fraction of sp³-hybridized carbons (Fsp3) is 0.600. The average molecular weight is 309 g/mol. The molecule has 0 aromatic heterocycles. The van der Waals surface area contributed by atoms with E-state index in [4.69, 9.17) is 10.9 Å². The molecule has 5 nitrogen and oxygen atoms in total. The van der Waals surface area contributed by atoms with Crippen LogP contribution in [0.25, 0.3) is 0 Å². The fourth-order valence-electron chi connectivity index (χ4n) is 3.90. The van der Waals surface area contributed by atoms with E-state index < -0.39 is 10.0 Å². The first-order valence-electron chi connectivity index (χ1n) is 7.66. The lowest BCUT2D eigenvalue weighted by Gasteiger charge is -2.45. The molecule has 3 rings (SSSR count). The molecule has 0 spiro atoms. The Kier molecular flexibility index (Phi) is 3.84. The van der Waals surface area contributed by atoms with E-state index in [0.717, 1.165) is 18.2 Å². The molecule has 2 aliphatic rings. The standard InChI is InChI=1S/C15H23N3O2S/c16-13-10-12(21(17,19)20)7-8-15(13)18-9-3-5-11-4-1-2-6-14(11)18/h7-8,10-11,14H,1-6,9,16H2,(H2,17,19,20). The van der Waals surface area contributed by atoms with E-state index in [1.165, 1.54) is 44.6 Å². The number of nitrogens with two attached hydrogens (primary N) is 2. The molecular formula is C15H23N3O2S. The molecule has 1 saturated heterocycles. The van der Waals surface area contributed by atoms with Crippen LogP contribution >= 0.6 is 0 Å². The maximum absolute atomic E-state index is 11.4. The second-order valence-corrected chi connectivity index (χ2v) is 7.77. The Morgan fingerprint density at radius 3 is 2.52 bits per heavy atom. The summed E-state index contributed by atoms with van der Waals surface area (Å²) in [6, 6.07) is 5.41. The highest BCUT2D eigenvalue weighted by Gasteiger charge is 2.34. The number of piperidine rings is 1. The molecule has 0 radical (unpaired) electrons. The zero-order valence-corrected chi connectivity index (χ0v) is 13.0. The third-order valence-electron chi connectivity index (χ3n) is 4.88. The third-order valence-corrected chi connectivity index (χ3v) is 5.79. The maximum atomic E-state index is 11.4. The van der Waals surface area contributed by atoms with Crippen molar-refractivity contribution in [1.82, 2.24) is 0 Å². The van der Waals surface area contributed by atoms with Crippen LogP contribution < -0.4 is 15.8 Å².